The number of hydroxylamine groups is 1. The Hall–Kier alpha value is -1.46. The van der Waals surface area contributed by atoms with Crippen molar-refractivity contribution in [3.63, 3.8) is 0 Å². The fourth-order valence-corrected chi connectivity index (χ4v) is 4.72. The zero-order chi connectivity index (χ0) is 27.7. The number of aliphatic hydroxyl groups excluding tert-OH is 2. The summed E-state index contributed by atoms with van der Waals surface area (Å²) in [6.07, 6.45) is -7.45. The molecule has 2 fully saturated rings. The first-order chi connectivity index (χ1) is 17.5. The summed E-state index contributed by atoms with van der Waals surface area (Å²) in [5, 5.41) is 34.1. The van der Waals surface area contributed by atoms with Gasteiger partial charge in [0.1, 0.15) is 24.4 Å². The van der Waals surface area contributed by atoms with Gasteiger partial charge in [0.15, 0.2) is 12.4 Å². The molecule has 216 valence electrons. The third kappa shape index (κ3) is 8.78. The van der Waals surface area contributed by atoms with Gasteiger partial charge in [-0.05, 0) is 18.8 Å². The van der Waals surface area contributed by atoms with Gasteiger partial charge in [-0.15, -0.1) is 0 Å². The minimum atomic E-state index is -1.33. The highest BCUT2D eigenvalue weighted by molar-refractivity contribution is 5.73. The second-order valence-electron chi connectivity index (χ2n) is 9.79. The molecule has 1 amide bonds. The molecular formula is C23H45N5O9. The van der Waals surface area contributed by atoms with Gasteiger partial charge in [0, 0.05) is 46.2 Å². The topological polar surface area (TPSA) is 211 Å². The predicted octanol–water partition coefficient (Wildman–Crippen LogP) is -2.79. The normalized spacial score (nSPS) is 36.5. The molecule has 0 spiro atoms. The van der Waals surface area contributed by atoms with E-state index in [1.165, 1.54) is 6.92 Å². The number of aliphatic carboxylic acids is 1. The Morgan fingerprint density at radius 2 is 1.65 bits per heavy atom. The number of nitrogens with zero attached hydrogens (tertiary/aromatic N) is 1. The van der Waals surface area contributed by atoms with Crippen molar-refractivity contribution in [2.75, 3.05) is 45.9 Å². The van der Waals surface area contributed by atoms with Crippen LogP contribution in [0.1, 0.15) is 27.7 Å². The Morgan fingerprint density at radius 3 is 2.22 bits per heavy atom. The zero-order valence-electron chi connectivity index (χ0n) is 22.1. The summed E-state index contributed by atoms with van der Waals surface area (Å²) in [4.78, 5) is 31.2. The van der Waals surface area contributed by atoms with Gasteiger partial charge in [-0.1, -0.05) is 13.8 Å². The standard InChI is InChI=1S/C23H45N5O9/c1-12-13(2)20(22(32)33)36-23(18(12)30)37-21-17(27-15(4)29)14(3)35-16(19(21)31)11-34-26-7-10-28(8-5-24)9-6-25/h12-14,16-21,23,26,30-31H,5-11,24-25H2,1-4H3,(H,27,29)(H,32,33)/t12-,13-,14-,16?,17?,18?,19+,20?,21+,23-/m0/s1. The summed E-state index contributed by atoms with van der Waals surface area (Å²) in [6.45, 7) is 9.99. The quantitative estimate of drug-likeness (QED) is 0.0886. The molecule has 2 heterocycles. The van der Waals surface area contributed by atoms with Crippen LogP contribution in [0.25, 0.3) is 0 Å². The summed E-state index contributed by atoms with van der Waals surface area (Å²) in [5.74, 6) is -2.45. The lowest BCUT2D eigenvalue weighted by atomic mass is 9.83. The third-order valence-corrected chi connectivity index (χ3v) is 7.05. The van der Waals surface area contributed by atoms with Crippen LogP contribution in [-0.2, 0) is 28.6 Å². The van der Waals surface area contributed by atoms with E-state index >= 15 is 0 Å². The van der Waals surface area contributed by atoms with Gasteiger partial charge in [-0.25, -0.2) is 10.3 Å². The number of hydrogen-bond donors (Lipinski definition) is 7. The van der Waals surface area contributed by atoms with Gasteiger partial charge < -0.3 is 46.3 Å². The summed E-state index contributed by atoms with van der Waals surface area (Å²) in [7, 11) is 0. The molecule has 2 aliphatic rings. The molecule has 2 aliphatic heterocycles. The minimum absolute atomic E-state index is 0.0365. The number of carboxylic acids is 1. The SMILES string of the molecule is CC(=O)NC1[C@H](C)OC(CONCCN(CCN)CCN)[C@@H](O)[C@@H]1O[C@@H]1OC(C(=O)O)[C@@H](C)[C@H](C)C1O. The van der Waals surface area contributed by atoms with Crippen LogP contribution in [0.5, 0.6) is 0 Å². The number of nitrogens with two attached hydrogens (primary N) is 2. The molecule has 0 aromatic heterocycles. The molecule has 0 aromatic carbocycles. The van der Waals surface area contributed by atoms with Crippen molar-refractivity contribution in [1.82, 2.24) is 15.7 Å². The molecule has 0 aromatic rings. The van der Waals surface area contributed by atoms with E-state index < -0.39 is 66.8 Å². The fraction of sp³-hybridized carbons (Fsp3) is 0.913. The molecule has 14 nitrogen and oxygen atoms in total. The first-order valence-corrected chi connectivity index (χ1v) is 12.8. The monoisotopic (exact) mass is 535 g/mol. The Kier molecular flexibility index (Phi) is 13.1. The van der Waals surface area contributed by atoms with Crippen molar-refractivity contribution in [1.29, 1.82) is 0 Å². The van der Waals surface area contributed by atoms with Crippen LogP contribution < -0.4 is 22.3 Å². The van der Waals surface area contributed by atoms with E-state index in [0.717, 1.165) is 0 Å². The zero-order valence-corrected chi connectivity index (χ0v) is 22.1. The van der Waals surface area contributed by atoms with E-state index in [1.807, 2.05) is 0 Å². The Bertz CT molecular complexity index is 714. The maximum atomic E-state index is 11.9. The Morgan fingerprint density at radius 1 is 1.00 bits per heavy atom. The minimum Gasteiger partial charge on any atom is -0.479 e. The largest absolute Gasteiger partial charge is 0.479 e. The van der Waals surface area contributed by atoms with Gasteiger partial charge >= 0.3 is 5.97 Å². The van der Waals surface area contributed by atoms with Crippen LogP contribution in [0, 0.1) is 11.8 Å². The van der Waals surface area contributed by atoms with Crippen LogP contribution in [0.15, 0.2) is 0 Å². The number of aliphatic hydroxyl groups is 2. The highest BCUT2D eigenvalue weighted by atomic mass is 16.7. The Balaban J connectivity index is 2.05. The van der Waals surface area contributed by atoms with E-state index in [2.05, 4.69) is 15.7 Å². The summed E-state index contributed by atoms with van der Waals surface area (Å²) in [5.41, 5.74) is 14.1. The molecule has 0 radical (unpaired) electrons. The highest BCUT2D eigenvalue weighted by Gasteiger charge is 2.50. The maximum Gasteiger partial charge on any atom is 0.333 e. The number of nitrogens with one attached hydrogen (secondary N) is 2. The van der Waals surface area contributed by atoms with E-state index in [-0.39, 0.29) is 12.5 Å². The highest BCUT2D eigenvalue weighted by Crippen LogP contribution is 2.34. The van der Waals surface area contributed by atoms with Crippen LogP contribution in [0.2, 0.25) is 0 Å². The molecule has 14 heteroatoms. The second kappa shape index (κ2) is 15.2. The predicted molar refractivity (Wildman–Crippen MR) is 132 cm³/mol. The number of hydrogen-bond acceptors (Lipinski definition) is 12. The molecular weight excluding hydrogens is 490 g/mol. The second-order valence-corrected chi connectivity index (χ2v) is 9.79. The average molecular weight is 536 g/mol. The van der Waals surface area contributed by atoms with Gasteiger partial charge in [-0.3, -0.25) is 14.5 Å². The number of rotatable bonds is 14. The molecule has 10 atom stereocenters. The van der Waals surface area contributed by atoms with Crippen LogP contribution in [0.3, 0.4) is 0 Å². The molecule has 2 saturated heterocycles. The third-order valence-electron chi connectivity index (χ3n) is 7.05. The van der Waals surface area contributed by atoms with Gasteiger partial charge in [0.05, 0.1) is 18.8 Å². The number of amides is 1. The van der Waals surface area contributed by atoms with Crippen molar-refractivity contribution in [3.05, 3.63) is 0 Å². The van der Waals surface area contributed by atoms with Gasteiger partial charge in [0.2, 0.25) is 5.91 Å². The van der Waals surface area contributed by atoms with Crippen molar-refractivity contribution >= 4 is 11.9 Å². The maximum absolute atomic E-state index is 11.9. The number of carbonyl (C=O) groups excluding carboxylic acids is 1. The van der Waals surface area contributed by atoms with Crippen LogP contribution in [0.4, 0.5) is 0 Å². The molecule has 4 unspecified atom stereocenters. The van der Waals surface area contributed by atoms with E-state index in [9.17, 15) is 24.9 Å². The number of carboxylic acid groups (broad SMARTS) is 1. The molecule has 9 N–H and O–H groups in total. The van der Waals surface area contributed by atoms with Crippen LogP contribution in [-0.4, -0.2) is 127 Å². The number of ether oxygens (including phenoxy) is 3. The summed E-state index contributed by atoms with van der Waals surface area (Å²) >= 11 is 0. The lowest BCUT2D eigenvalue weighted by Crippen LogP contribution is -2.66. The molecule has 0 bridgehead atoms. The number of carbonyl (C=O) groups is 2. The lowest BCUT2D eigenvalue weighted by Gasteiger charge is -2.47. The van der Waals surface area contributed by atoms with E-state index in [0.29, 0.717) is 39.3 Å². The van der Waals surface area contributed by atoms with E-state index in [1.54, 1.807) is 20.8 Å². The average Bonchev–Trinajstić information content (AvgIpc) is 2.83. The molecule has 0 aliphatic carbocycles. The van der Waals surface area contributed by atoms with E-state index in [4.69, 9.17) is 30.5 Å². The molecule has 0 saturated carbocycles. The van der Waals surface area contributed by atoms with Gasteiger partial charge in [-0.2, -0.15) is 0 Å². The van der Waals surface area contributed by atoms with Crippen molar-refractivity contribution in [3.8, 4) is 0 Å². The smallest absolute Gasteiger partial charge is 0.333 e. The van der Waals surface area contributed by atoms with Crippen molar-refractivity contribution in [2.45, 2.75) is 76.7 Å². The summed E-state index contributed by atoms with van der Waals surface area (Å²) in [6, 6.07) is -0.786. The van der Waals surface area contributed by atoms with Crippen molar-refractivity contribution < 1.29 is 44.0 Å². The first-order valence-electron chi connectivity index (χ1n) is 12.8. The Labute approximate surface area is 217 Å². The van der Waals surface area contributed by atoms with Gasteiger partial charge in [0.25, 0.3) is 0 Å². The lowest BCUT2D eigenvalue weighted by molar-refractivity contribution is -0.311. The molecule has 2 rings (SSSR count). The fourth-order valence-electron chi connectivity index (χ4n) is 4.72. The summed E-state index contributed by atoms with van der Waals surface area (Å²) < 4.78 is 17.5. The first kappa shape index (κ1) is 31.8. The van der Waals surface area contributed by atoms with Crippen molar-refractivity contribution in [2.24, 2.45) is 23.3 Å². The van der Waals surface area contributed by atoms with Crippen LogP contribution >= 0.6 is 0 Å². The molecule has 37 heavy (non-hydrogen) atoms.